The Hall–Kier alpha value is -1.57. The van der Waals surface area contributed by atoms with E-state index in [0.717, 1.165) is 11.3 Å². The topological polar surface area (TPSA) is 24.9 Å². The van der Waals surface area contributed by atoms with Gasteiger partial charge in [-0.25, -0.2) is 4.98 Å². The first-order valence-electron chi connectivity index (χ1n) is 4.94. The Labute approximate surface area is 85.0 Å². The molecular weight excluding hydrogens is 172 g/mol. The maximum absolute atomic E-state index is 4.38. The van der Waals surface area contributed by atoms with Gasteiger partial charge in [0.1, 0.15) is 5.82 Å². The largest absolute Gasteiger partial charge is 0.373 e. The van der Waals surface area contributed by atoms with Crippen molar-refractivity contribution in [1.29, 1.82) is 0 Å². The number of anilines is 1. The molecule has 1 heterocycles. The second-order valence-corrected chi connectivity index (χ2v) is 2.64. The van der Waals surface area contributed by atoms with Crippen LogP contribution in [0, 0.1) is 0 Å². The number of benzene rings is 1. The van der Waals surface area contributed by atoms with Gasteiger partial charge < -0.3 is 5.32 Å². The summed E-state index contributed by atoms with van der Waals surface area (Å²) in [4.78, 5) is 4.38. The Morgan fingerprint density at radius 2 is 1.71 bits per heavy atom. The lowest BCUT2D eigenvalue weighted by Gasteiger charge is -2.00. The van der Waals surface area contributed by atoms with Crippen LogP contribution in [0.4, 0.5) is 5.82 Å². The molecule has 1 aromatic carbocycles. The fourth-order valence-electron chi connectivity index (χ4n) is 1.21. The minimum atomic E-state index is 0.911. The summed E-state index contributed by atoms with van der Waals surface area (Å²) in [6, 6.07) is 12.1. The lowest BCUT2D eigenvalue weighted by atomic mass is 10.2. The van der Waals surface area contributed by atoms with E-state index in [-0.39, 0.29) is 0 Å². The zero-order valence-electron chi connectivity index (χ0n) is 8.91. The summed E-state index contributed by atoms with van der Waals surface area (Å²) in [6.45, 7) is 4.00. The Balaban J connectivity index is 0.000000461. The number of fused-ring (bicyclic) bond motifs is 1. The van der Waals surface area contributed by atoms with Crippen molar-refractivity contribution >= 4 is 16.7 Å². The monoisotopic (exact) mass is 188 g/mol. The predicted octanol–water partition coefficient (Wildman–Crippen LogP) is 3.30. The van der Waals surface area contributed by atoms with E-state index >= 15 is 0 Å². The van der Waals surface area contributed by atoms with Crippen molar-refractivity contribution in [3.8, 4) is 0 Å². The smallest absolute Gasteiger partial charge is 0.126 e. The quantitative estimate of drug-likeness (QED) is 0.742. The zero-order chi connectivity index (χ0) is 10.4. The maximum atomic E-state index is 4.38. The maximum Gasteiger partial charge on any atom is 0.126 e. The Bertz CT molecular complexity index is 396. The van der Waals surface area contributed by atoms with Crippen molar-refractivity contribution in [3.63, 3.8) is 0 Å². The lowest BCUT2D eigenvalue weighted by Crippen LogP contribution is -1.91. The molecule has 0 saturated carbocycles. The van der Waals surface area contributed by atoms with Crippen molar-refractivity contribution in [2.75, 3.05) is 12.4 Å². The van der Waals surface area contributed by atoms with E-state index in [9.17, 15) is 0 Å². The van der Waals surface area contributed by atoms with Gasteiger partial charge in [0.2, 0.25) is 0 Å². The molecule has 14 heavy (non-hydrogen) atoms. The van der Waals surface area contributed by atoms with Crippen LogP contribution in [-0.4, -0.2) is 12.0 Å². The molecule has 0 aliphatic carbocycles. The molecule has 0 amide bonds. The number of nitrogens with one attached hydrogen (secondary N) is 1. The SMILES string of the molecule is CC.CNc1ccc2ccccc2n1. The number of hydrogen-bond donors (Lipinski definition) is 1. The van der Waals surface area contributed by atoms with E-state index < -0.39 is 0 Å². The minimum absolute atomic E-state index is 0.911. The normalized spacial score (nSPS) is 9.07. The van der Waals surface area contributed by atoms with Crippen molar-refractivity contribution in [1.82, 2.24) is 4.98 Å². The number of pyridine rings is 1. The number of aromatic nitrogens is 1. The molecule has 2 heteroatoms. The van der Waals surface area contributed by atoms with Gasteiger partial charge in [0.05, 0.1) is 5.52 Å². The fourth-order valence-corrected chi connectivity index (χ4v) is 1.21. The van der Waals surface area contributed by atoms with Crippen LogP contribution in [0.5, 0.6) is 0 Å². The molecule has 0 aliphatic heterocycles. The molecule has 0 radical (unpaired) electrons. The van der Waals surface area contributed by atoms with Crippen molar-refractivity contribution in [2.45, 2.75) is 13.8 Å². The summed E-state index contributed by atoms with van der Waals surface area (Å²) in [5.74, 6) is 0.911. The summed E-state index contributed by atoms with van der Waals surface area (Å²) < 4.78 is 0. The first-order valence-corrected chi connectivity index (χ1v) is 4.94. The van der Waals surface area contributed by atoms with Crippen LogP contribution in [-0.2, 0) is 0 Å². The van der Waals surface area contributed by atoms with Crippen LogP contribution in [0.15, 0.2) is 36.4 Å². The average molecular weight is 188 g/mol. The van der Waals surface area contributed by atoms with E-state index in [1.54, 1.807) is 0 Å². The highest BCUT2D eigenvalue weighted by molar-refractivity contribution is 5.79. The van der Waals surface area contributed by atoms with Gasteiger partial charge in [-0.2, -0.15) is 0 Å². The molecule has 0 aliphatic rings. The van der Waals surface area contributed by atoms with Crippen LogP contribution < -0.4 is 5.32 Å². The number of hydrogen-bond acceptors (Lipinski definition) is 2. The van der Waals surface area contributed by atoms with Gasteiger partial charge in [-0.15, -0.1) is 0 Å². The molecule has 0 bridgehead atoms. The average Bonchev–Trinajstić information content (AvgIpc) is 2.31. The van der Waals surface area contributed by atoms with Gasteiger partial charge in [0.15, 0.2) is 0 Å². The summed E-state index contributed by atoms with van der Waals surface area (Å²) in [5.41, 5.74) is 1.03. The van der Waals surface area contributed by atoms with Crippen LogP contribution >= 0.6 is 0 Å². The minimum Gasteiger partial charge on any atom is -0.373 e. The summed E-state index contributed by atoms with van der Waals surface area (Å²) in [7, 11) is 1.87. The molecular formula is C12H16N2. The van der Waals surface area contributed by atoms with Crippen LogP contribution in [0.25, 0.3) is 10.9 Å². The highest BCUT2D eigenvalue weighted by atomic mass is 15.0. The number of para-hydroxylation sites is 1. The van der Waals surface area contributed by atoms with Crippen molar-refractivity contribution in [3.05, 3.63) is 36.4 Å². The van der Waals surface area contributed by atoms with E-state index in [1.807, 2.05) is 45.2 Å². The van der Waals surface area contributed by atoms with Gasteiger partial charge in [-0.3, -0.25) is 0 Å². The molecule has 0 atom stereocenters. The lowest BCUT2D eigenvalue weighted by molar-refractivity contribution is 1.34. The van der Waals surface area contributed by atoms with Crippen molar-refractivity contribution in [2.24, 2.45) is 0 Å². The highest BCUT2D eigenvalue weighted by Crippen LogP contribution is 2.13. The van der Waals surface area contributed by atoms with E-state index in [1.165, 1.54) is 5.39 Å². The second kappa shape index (κ2) is 5.22. The van der Waals surface area contributed by atoms with Gasteiger partial charge in [0, 0.05) is 12.4 Å². The third-order valence-corrected chi connectivity index (χ3v) is 1.85. The van der Waals surface area contributed by atoms with Gasteiger partial charge in [-0.05, 0) is 18.2 Å². The second-order valence-electron chi connectivity index (χ2n) is 2.64. The first kappa shape index (κ1) is 10.5. The highest BCUT2D eigenvalue weighted by Gasteiger charge is 1.93. The van der Waals surface area contributed by atoms with E-state index in [2.05, 4.69) is 22.4 Å². The third kappa shape index (κ3) is 2.22. The molecule has 2 nitrogen and oxygen atoms in total. The fraction of sp³-hybridized carbons (Fsp3) is 0.250. The number of nitrogens with zero attached hydrogens (tertiary/aromatic N) is 1. The van der Waals surface area contributed by atoms with Gasteiger partial charge >= 0.3 is 0 Å². The first-order chi connectivity index (χ1) is 6.90. The van der Waals surface area contributed by atoms with Gasteiger partial charge in [-0.1, -0.05) is 32.0 Å². The Morgan fingerprint density at radius 1 is 1.00 bits per heavy atom. The molecule has 0 saturated heterocycles. The molecule has 1 N–H and O–H groups in total. The third-order valence-electron chi connectivity index (χ3n) is 1.85. The number of rotatable bonds is 1. The summed E-state index contributed by atoms with van der Waals surface area (Å²) >= 11 is 0. The standard InChI is InChI=1S/C10H10N2.C2H6/c1-11-10-7-6-8-4-2-3-5-9(8)12-10;1-2/h2-7H,1H3,(H,11,12);1-2H3. The summed E-state index contributed by atoms with van der Waals surface area (Å²) in [5, 5.41) is 4.19. The Morgan fingerprint density at radius 3 is 2.43 bits per heavy atom. The zero-order valence-corrected chi connectivity index (χ0v) is 8.91. The molecule has 74 valence electrons. The molecule has 0 spiro atoms. The van der Waals surface area contributed by atoms with Crippen molar-refractivity contribution < 1.29 is 0 Å². The molecule has 2 rings (SSSR count). The molecule has 1 aromatic heterocycles. The Kier molecular flexibility index (Phi) is 3.92. The molecule has 0 fully saturated rings. The van der Waals surface area contributed by atoms with Gasteiger partial charge in [0.25, 0.3) is 0 Å². The summed E-state index contributed by atoms with van der Waals surface area (Å²) in [6.07, 6.45) is 0. The van der Waals surface area contributed by atoms with Crippen LogP contribution in [0.1, 0.15) is 13.8 Å². The predicted molar refractivity (Wildman–Crippen MR) is 62.6 cm³/mol. The van der Waals surface area contributed by atoms with Crippen LogP contribution in [0.2, 0.25) is 0 Å². The molecule has 0 unspecified atom stereocenters. The van der Waals surface area contributed by atoms with E-state index in [0.29, 0.717) is 0 Å². The van der Waals surface area contributed by atoms with Crippen LogP contribution in [0.3, 0.4) is 0 Å². The molecule has 2 aromatic rings. The van der Waals surface area contributed by atoms with E-state index in [4.69, 9.17) is 0 Å².